The highest BCUT2D eigenvalue weighted by Crippen LogP contribution is 2.14. The number of methoxy groups -OCH3 is 1. The van der Waals surface area contributed by atoms with Crippen LogP contribution in [0, 0.1) is 12.3 Å². The lowest BCUT2D eigenvalue weighted by Crippen LogP contribution is -2.32. The molecule has 9 nitrogen and oxygen atoms in total. The van der Waals surface area contributed by atoms with Crippen LogP contribution in [0.1, 0.15) is 12.2 Å². The lowest BCUT2D eigenvalue weighted by Gasteiger charge is -2.23. The molecule has 2 aromatic rings. The summed E-state index contributed by atoms with van der Waals surface area (Å²) in [5.74, 6) is 1.34. The zero-order valence-electron chi connectivity index (χ0n) is 12.1. The lowest BCUT2D eigenvalue weighted by atomic mass is 10.3. The Kier molecular flexibility index (Phi) is 4.53. The van der Waals surface area contributed by atoms with E-state index >= 15 is 0 Å². The molecule has 0 radical (unpaired) electrons. The number of anilines is 1. The number of amidine groups is 1. The molecule has 0 aliphatic carbocycles. The number of hydrogen-bond acceptors (Lipinski definition) is 6. The number of nitrogens with one attached hydrogen (secondary N) is 2. The van der Waals surface area contributed by atoms with Crippen molar-refractivity contribution in [3.63, 3.8) is 0 Å². The second-order valence-corrected chi connectivity index (χ2v) is 4.64. The number of aryl methyl sites for hydroxylation is 1. The summed E-state index contributed by atoms with van der Waals surface area (Å²) in [7, 11) is 1.62. The van der Waals surface area contributed by atoms with E-state index in [0.717, 1.165) is 0 Å². The average molecular weight is 293 g/mol. The van der Waals surface area contributed by atoms with Gasteiger partial charge >= 0.3 is 5.69 Å². The molecule has 0 aromatic carbocycles. The summed E-state index contributed by atoms with van der Waals surface area (Å²) < 4.78 is 6.50. The summed E-state index contributed by atoms with van der Waals surface area (Å²) in [6, 6.07) is 1.72. The minimum atomic E-state index is -0.311. The first-order valence-corrected chi connectivity index (χ1v) is 6.54. The monoisotopic (exact) mass is 293 g/mol. The van der Waals surface area contributed by atoms with Gasteiger partial charge in [0, 0.05) is 32.7 Å². The molecule has 0 spiro atoms. The van der Waals surface area contributed by atoms with E-state index in [1.165, 1.54) is 4.40 Å². The van der Waals surface area contributed by atoms with Crippen molar-refractivity contribution < 1.29 is 4.74 Å². The molecule has 4 N–H and O–H groups in total. The van der Waals surface area contributed by atoms with Gasteiger partial charge in [0.25, 0.3) is 0 Å². The summed E-state index contributed by atoms with van der Waals surface area (Å²) >= 11 is 0. The Morgan fingerprint density at radius 3 is 3.00 bits per heavy atom. The third-order valence-corrected chi connectivity index (χ3v) is 3.10. The third-order valence-electron chi connectivity index (χ3n) is 3.10. The second kappa shape index (κ2) is 6.35. The number of nitrogens with zero attached hydrogens (tertiary/aromatic N) is 4. The van der Waals surface area contributed by atoms with Crippen molar-refractivity contribution in [3.05, 3.63) is 22.4 Å². The largest absolute Gasteiger partial charge is 0.388 e. The molecule has 2 aromatic heterocycles. The Morgan fingerprint density at radius 1 is 1.57 bits per heavy atom. The fourth-order valence-corrected chi connectivity index (χ4v) is 2.04. The molecular weight excluding hydrogens is 274 g/mol. The number of hydrogen-bond donors (Lipinski definition) is 3. The zero-order valence-corrected chi connectivity index (χ0v) is 12.1. The second-order valence-electron chi connectivity index (χ2n) is 4.64. The number of ether oxygens (including phenoxy) is 1. The first-order chi connectivity index (χ1) is 10.0. The molecule has 0 fully saturated rings. The zero-order chi connectivity index (χ0) is 15.4. The van der Waals surface area contributed by atoms with Crippen LogP contribution in [0.25, 0.3) is 5.65 Å². The molecule has 2 heterocycles. The number of nitrogens with two attached hydrogens (primary N) is 1. The Bertz CT molecular complexity index is 690. The minimum absolute atomic E-state index is 0.117. The van der Waals surface area contributed by atoms with E-state index in [9.17, 15) is 4.79 Å². The smallest absolute Gasteiger partial charge is 0.349 e. The Morgan fingerprint density at radius 2 is 2.33 bits per heavy atom. The highest BCUT2D eigenvalue weighted by atomic mass is 16.5. The Hall–Kier alpha value is -2.42. The molecule has 9 heteroatoms. The number of H-pyrrole nitrogens is 1. The van der Waals surface area contributed by atoms with Gasteiger partial charge in [-0.25, -0.2) is 19.3 Å². The highest BCUT2D eigenvalue weighted by molar-refractivity contribution is 5.77. The van der Waals surface area contributed by atoms with Crippen molar-refractivity contribution in [1.82, 2.24) is 19.6 Å². The number of rotatable bonds is 7. The van der Waals surface area contributed by atoms with Crippen LogP contribution >= 0.6 is 0 Å². The van der Waals surface area contributed by atoms with Crippen LogP contribution in [-0.2, 0) is 4.74 Å². The van der Waals surface area contributed by atoms with Crippen molar-refractivity contribution in [2.45, 2.75) is 13.3 Å². The van der Waals surface area contributed by atoms with Gasteiger partial charge in [0.1, 0.15) is 11.6 Å². The van der Waals surface area contributed by atoms with Crippen LogP contribution in [0.5, 0.6) is 0 Å². The van der Waals surface area contributed by atoms with Crippen molar-refractivity contribution in [3.8, 4) is 0 Å². The van der Waals surface area contributed by atoms with Crippen LogP contribution in [0.15, 0.2) is 10.9 Å². The maximum atomic E-state index is 11.6. The van der Waals surface area contributed by atoms with Gasteiger partial charge in [-0.3, -0.25) is 5.41 Å². The summed E-state index contributed by atoms with van der Waals surface area (Å²) in [6.45, 7) is 3.43. The van der Waals surface area contributed by atoms with Gasteiger partial charge in [0.2, 0.25) is 0 Å². The molecule has 0 saturated heterocycles. The molecule has 0 unspecified atom stereocenters. The highest BCUT2D eigenvalue weighted by Gasteiger charge is 2.13. The van der Waals surface area contributed by atoms with E-state index < -0.39 is 0 Å². The van der Waals surface area contributed by atoms with Gasteiger partial charge in [-0.1, -0.05) is 0 Å². The van der Waals surface area contributed by atoms with Crippen LogP contribution in [0.3, 0.4) is 0 Å². The van der Waals surface area contributed by atoms with Gasteiger partial charge < -0.3 is 15.4 Å². The van der Waals surface area contributed by atoms with Gasteiger partial charge in [-0.2, -0.15) is 5.10 Å². The van der Waals surface area contributed by atoms with E-state index in [4.69, 9.17) is 15.9 Å². The van der Waals surface area contributed by atoms with Gasteiger partial charge in [0.15, 0.2) is 5.65 Å². The molecule has 0 atom stereocenters. The SMILES string of the molecule is COCCN(CCC(=N)N)c1cc2n[nH]c(=O)n2c(C)n1. The van der Waals surface area contributed by atoms with Crippen molar-refractivity contribution >= 4 is 17.3 Å². The summed E-state index contributed by atoms with van der Waals surface area (Å²) in [5.41, 5.74) is 5.61. The molecule has 0 aliphatic rings. The fourth-order valence-electron chi connectivity index (χ4n) is 2.04. The maximum absolute atomic E-state index is 11.6. The molecular formula is C12H19N7O2. The quantitative estimate of drug-likeness (QED) is 0.467. The topological polar surface area (TPSA) is 125 Å². The van der Waals surface area contributed by atoms with Crippen LogP contribution in [0.4, 0.5) is 5.82 Å². The van der Waals surface area contributed by atoms with E-state index in [1.54, 1.807) is 20.1 Å². The normalized spacial score (nSPS) is 11.0. The average Bonchev–Trinajstić information content (AvgIpc) is 2.80. The van der Waals surface area contributed by atoms with E-state index in [2.05, 4.69) is 15.2 Å². The first kappa shape index (κ1) is 15.0. The third kappa shape index (κ3) is 3.37. The Labute approximate surface area is 121 Å². The number of aromatic amines is 1. The van der Waals surface area contributed by atoms with Gasteiger partial charge in [-0.15, -0.1) is 0 Å². The van der Waals surface area contributed by atoms with Crippen molar-refractivity contribution in [1.29, 1.82) is 5.41 Å². The molecule has 114 valence electrons. The standard InChI is InChI=1S/C12H19N7O2/c1-8-15-10(7-11-16-17-12(20)19(8)11)18(5-6-21-2)4-3-9(13)14/h7H,3-6H2,1-2H3,(H3,13,14)(H,17,20). The van der Waals surface area contributed by atoms with Crippen LogP contribution in [-0.4, -0.2) is 52.2 Å². The maximum Gasteiger partial charge on any atom is 0.349 e. The molecule has 21 heavy (non-hydrogen) atoms. The summed E-state index contributed by atoms with van der Waals surface area (Å²) in [5, 5.41) is 13.7. The summed E-state index contributed by atoms with van der Waals surface area (Å²) in [4.78, 5) is 18.0. The molecule has 2 rings (SSSR count). The van der Waals surface area contributed by atoms with Gasteiger partial charge in [-0.05, 0) is 6.92 Å². The predicted molar refractivity (Wildman–Crippen MR) is 79.0 cm³/mol. The number of aromatic nitrogens is 4. The molecule has 0 saturated carbocycles. The van der Waals surface area contributed by atoms with E-state index in [-0.39, 0.29) is 11.5 Å². The molecule has 0 bridgehead atoms. The predicted octanol–water partition coefficient (Wildman–Crippen LogP) is -0.495. The van der Waals surface area contributed by atoms with Crippen molar-refractivity contribution in [2.24, 2.45) is 5.73 Å². The summed E-state index contributed by atoms with van der Waals surface area (Å²) in [6.07, 6.45) is 0.434. The first-order valence-electron chi connectivity index (χ1n) is 6.54. The Balaban J connectivity index is 2.33. The van der Waals surface area contributed by atoms with Gasteiger partial charge in [0.05, 0.1) is 12.4 Å². The van der Waals surface area contributed by atoms with Crippen molar-refractivity contribution in [2.75, 3.05) is 31.7 Å². The van der Waals surface area contributed by atoms with Crippen LogP contribution < -0.4 is 16.3 Å². The van der Waals surface area contributed by atoms with E-state index in [0.29, 0.717) is 43.4 Å². The molecule has 0 amide bonds. The fraction of sp³-hybridized carbons (Fsp3) is 0.500. The van der Waals surface area contributed by atoms with Crippen LogP contribution in [0.2, 0.25) is 0 Å². The minimum Gasteiger partial charge on any atom is -0.388 e. The number of fused-ring (bicyclic) bond motifs is 1. The lowest BCUT2D eigenvalue weighted by molar-refractivity contribution is 0.205. The van der Waals surface area contributed by atoms with E-state index in [1.807, 2.05) is 4.90 Å². The molecule has 0 aliphatic heterocycles.